The highest BCUT2D eigenvalue weighted by molar-refractivity contribution is 5.86. The second kappa shape index (κ2) is 5.19. The molecule has 1 aliphatic rings. The van der Waals surface area contributed by atoms with Crippen LogP contribution in [0.3, 0.4) is 0 Å². The molecule has 1 fully saturated rings. The number of hydrogen-bond donors (Lipinski definition) is 2. The number of rotatable bonds is 3. The average Bonchev–Trinajstić information content (AvgIpc) is 2.80. The Bertz CT molecular complexity index is 598. The predicted octanol–water partition coefficient (Wildman–Crippen LogP) is 4.17. The van der Waals surface area contributed by atoms with Crippen molar-refractivity contribution < 1.29 is 0 Å². The van der Waals surface area contributed by atoms with Gasteiger partial charge in [0.15, 0.2) is 0 Å². The summed E-state index contributed by atoms with van der Waals surface area (Å²) < 4.78 is 0. The molecule has 2 aromatic carbocycles. The van der Waals surface area contributed by atoms with Crippen LogP contribution in [0.2, 0.25) is 0 Å². The van der Waals surface area contributed by atoms with E-state index in [1.54, 1.807) is 0 Å². The van der Waals surface area contributed by atoms with Crippen LogP contribution in [0.25, 0.3) is 10.8 Å². The zero-order valence-electron chi connectivity index (χ0n) is 12.4. The molecule has 2 atom stereocenters. The largest absolute Gasteiger partial charge is 0.271 e. The van der Waals surface area contributed by atoms with E-state index in [9.17, 15) is 0 Å². The Labute approximate surface area is 121 Å². The van der Waals surface area contributed by atoms with Gasteiger partial charge in [0.25, 0.3) is 0 Å². The van der Waals surface area contributed by atoms with Crippen molar-refractivity contribution >= 4 is 10.8 Å². The molecular weight excluding hydrogens is 244 g/mol. The molecule has 0 saturated heterocycles. The molecule has 20 heavy (non-hydrogen) atoms. The minimum Gasteiger partial charge on any atom is -0.271 e. The Kier molecular flexibility index (Phi) is 3.53. The normalized spacial score (nSPS) is 23.1. The van der Waals surface area contributed by atoms with E-state index < -0.39 is 0 Å². The van der Waals surface area contributed by atoms with Gasteiger partial charge in [-0.25, -0.2) is 0 Å². The summed E-state index contributed by atoms with van der Waals surface area (Å²) in [6, 6.07) is 15.4. The molecule has 0 bridgehead atoms. The molecule has 3 N–H and O–H groups in total. The van der Waals surface area contributed by atoms with E-state index >= 15 is 0 Å². The molecule has 0 aromatic heterocycles. The van der Waals surface area contributed by atoms with Crippen molar-refractivity contribution in [3.05, 3.63) is 48.0 Å². The van der Waals surface area contributed by atoms with Crippen molar-refractivity contribution in [2.45, 2.75) is 39.2 Å². The summed E-state index contributed by atoms with van der Waals surface area (Å²) in [5.41, 5.74) is 4.80. The summed E-state index contributed by atoms with van der Waals surface area (Å²) in [5, 5.41) is 2.61. The van der Waals surface area contributed by atoms with E-state index in [0.29, 0.717) is 11.3 Å². The Balaban J connectivity index is 2.08. The van der Waals surface area contributed by atoms with Crippen molar-refractivity contribution in [2.75, 3.05) is 0 Å². The van der Waals surface area contributed by atoms with Gasteiger partial charge in [-0.15, -0.1) is 0 Å². The number of hydrazine groups is 1. The second-order valence-corrected chi connectivity index (χ2v) is 6.70. The van der Waals surface area contributed by atoms with Crippen molar-refractivity contribution in [1.29, 1.82) is 0 Å². The van der Waals surface area contributed by atoms with E-state index in [-0.39, 0.29) is 6.04 Å². The molecule has 1 saturated carbocycles. The predicted molar refractivity (Wildman–Crippen MR) is 85.1 cm³/mol. The van der Waals surface area contributed by atoms with Gasteiger partial charge in [0.05, 0.1) is 0 Å². The van der Waals surface area contributed by atoms with Gasteiger partial charge in [-0.2, -0.15) is 0 Å². The SMILES string of the molecule is CC1(C)CCCC1C(NN)c1cccc2ccccc12. The molecule has 0 spiro atoms. The molecule has 2 nitrogen and oxygen atoms in total. The van der Waals surface area contributed by atoms with Crippen molar-refractivity contribution in [2.24, 2.45) is 17.2 Å². The maximum absolute atomic E-state index is 5.95. The first-order valence-electron chi connectivity index (χ1n) is 7.57. The third-order valence-corrected chi connectivity index (χ3v) is 5.08. The molecule has 2 heteroatoms. The second-order valence-electron chi connectivity index (χ2n) is 6.70. The molecular formula is C18H24N2. The van der Waals surface area contributed by atoms with Crippen LogP contribution >= 0.6 is 0 Å². The lowest BCUT2D eigenvalue weighted by atomic mass is 9.75. The fraction of sp³-hybridized carbons (Fsp3) is 0.444. The van der Waals surface area contributed by atoms with E-state index in [4.69, 9.17) is 5.84 Å². The van der Waals surface area contributed by atoms with Crippen molar-refractivity contribution in [3.63, 3.8) is 0 Å². The first kappa shape index (κ1) is 13.6. The fourth-order valence-electron chi connectivity index (χ4n) is 3.92. The summed E-state index contributed by atoms with van der Waals surface area (Å²) in [5.74, 6) is 6.54. The van der Waals surface area contributed by atoms with Gasteiger partial charge in [-0.1, -0.05) is 62.7 Å². The number of nitrogens with one attached hydrogen (secondary N) is 1. The summed E-state index contributed by atoms with van der Waals surface area (Å²) in [4.78, 5) is 0. The standard InChI is InChI=1S/C18H24N2/c1-18(2)12-6-11-16(18)17(20-19)15-10-5-8-13-7-3-4-9-14(13)15/h3-5,7-10,16-17,20H,6,11-12,19H2,1-2H3. The van der Waals surface area contributed by atoms with Gasteiger partial charge in [0.1, 0.15) is 0 Å². The molecule has 2 aromatic rings. The van der Waals surface area contributed by atoms with E-state index in [1.165, 1.54) is 35.6 Å². The number of nitrogens with two attached hydrogens (primary N) is 1. The number of benzene rings is 2. The first-order chi connectivity index (χ1) is 9.63. The maximum Gasteiger partial charge on any atom is 0.0499 e. The molecule has 0 heterocycles. The van der Waals surface area contributed by atoms with E-state index in [1.807, 2.05) is 0 Å². The highest BCUT2D eigenvalue weighted by atomic mass is 15.2. The summed E-state index contributed by atoms with van der Waals surface area (Å²) in [6.45, 7) is 4.75. The topological polar surface area (TPSA) is 38.0 Å². The van der Waals surface area contributed by atoms with Gasteiger partial charge >= 0.3 is 0 Å². The van der Waals surface area contributed by atoms with Gasteiger partial charge in [-0.05, 0) is 40.5 Å². The zero-order chi connectivity index (χ0) is 14.2. The van der Waals surface area contributed by atoms with Crippen molar-refractivity contribution in [1.82, 2.24) is 5.43 Å². The minimum atomic E-state index is 0.235. The smallest absolute Gasteiger partial charge is 0.0499 e. The van der Waals surface area contributed by atoms with Gasteiger partial charge in [0.2, 0.25) is 0 Å². The lowest BCUT2D eigenvalue weighted by molar-refractivity contribution is 0.199. The Morgan fingerprint density at radius 3 is 2.60 bits per heavy atom. The molecule has 2 unspecified atom stereocenters. The third-order valence-electron chi connectivity index (χ3n) is 5.08. The average molecular weight is 268 g/mol. The molecule has 0 amide bonds. The van der Waals surface area contributed by atoms with Crippen LogP contribution in [0.1, 0.15) is 44.7 Å². The highest BCUT2D eigenvalue weighted by Gasteiger charge is 2.40. The fourth-order valence-corrected chi connectivity index (χ4v) is 3.92. The Hall–Kier alpha value is -1.38. The number of fused-ring (bicyclic) bond motifs is 1. The summed E-state index contributed by atoms with van der Waals surface area (Å²) >= 11 is 0. The first-order valence-corrected chi connectivity index (χ1v) is 7.57. The minimum absolute atomic E-state index is 0.235. The van der Waals surface area contributed by atoms with E-state index in [2.05, 4.69) is 61.7 Å². The Morgan fingerprint density at radius 2 is 1.90 bits per heavy atom. The summed E-state index contributed by atoms with van der Waals surface area (Å²) in [7, 11) is 0. The molecule has 1 aliphatic carbocycles. The van der Waals surface area contributed by atoms with Crippen LogP contribution in [0.5, 0.6) is 0 Å². The monoisotopic (exact) mass is 268 g/mol. The van der Waals surface area contributed by atoms with Crippen molar-refractivity contribution in [3.8, 4) is 0 Å². The van der Waals surface area contributed by atoms with Gasteiger partial charge in [-0.3, -0.25) is 11.3 Å². The molecule has 106 valence electrons. The van der Waals surface area contributed by atoms with Crippen LogP contribution < -0.4 is 11.3 Å². The van der Waals surface area contributed by atoms with Crippen LogP contribution in [0.15, 0.2) is 42.5 Å². The van der Waals surface area contributed by atoms with Crippen LogP contribution in [-0.2, 0) is 0 Å². The maximum atomic E-state index is 5.95. The zero-order valence-corrected chi connectivity index (χ0v) is 12.4. The van der Waals surface area contributed by atoms with Gasteiger partial charge < -0.3 is 0 Å². The van der Waals surface area contributed by atoms with Crippen LogP contribution in [-0.4, -0.2) is 0 Å². The van der Waals surface area contributed by atoms with Crippen LogP contribution in [0.4, 0.5) is 0 Å². The summed E-state index contributed by atoms with van der Waals surface area (Å²) in [6.07, 6.45) is 3.85. The molecule has 0 radical (unpaired) electrons. The quantitative estimate of drug-likeness (QED) is 0.647. The molecule has 0 aliphatic heterocycles. The number of hydrogen-bond acceptors (Lipinski definition) is 2. The Morgan fingerprint density at radius 1 is 1.15 bits per heavy atom. The van der Waals surface area contributed by atoms with E-state index in [0.717, 1.165) is 0 Å². The van der Waals surface area contributed by atoms with Gasteiger partial charge in [0, 0.05) is 6.04 Å². The van der Waals surface area contributed by atoms with Crippen LogP contribution in [0, 0.1) is 11.3 Å². The lowest BCUT2D eigenvalue weighted by Crippen LogP contribution is -2.37. The third kappa shape index (κ3) is 2.23. The molecule has 3 rings (SSSR count). The lowest BCUT2D eigenvalue weighted by Gasteiger charge is -2.34. The highest BCUT2D eigenvalue weighted by Crippen LogP contribution is 2.49.